The second kappa shape index (κ2) is 4.57. The van der Waals surface area contributed by atoms with E-state index < -0.39 is 17.8 Å². The van der Waals surface area contributed by atoms with Gasteiger partial charge in [-0.2, -0.15) is 13.2 Å². The maximum Gasteiger partial charge on any atom is 0.451 e. The van der Waals surface area contributed by atoms with Crippen LogP contribution in [0, 0.1) is 5.82 Å². The van der Waals surface area contributed by atoms with E-state index in [0.29, 0.717) is 18.5 Å². The zero-order chi connectivity index (χ0) is 14.3. The van der Waals surface area contributed by atoms with E-state index >= 15 is 0 Å². The second-order valence-electron chi connectivity index (χ2n) is 4.70. The van der Waals surface area contributed by atoms with E-state index in [-0.39, 0.29) is 11.3 Å². The van der Waals surface area contributed by atoms with E-state index in [4.69, 9.17) is 0 Å². The van der Waals surface area contributed by atoms with Gasteiger partial charge in [0.25, 0.3) is 0 Å². The van der Waals surface area contributed by atoms with Gasteiger partial charge in [-0.1, -0.05) is 6.07 Å². The summed E-state index contributed by atoms with van der Waals surface area (Å²) in [6.45, 7) is 1.25. The summed E-state index contributed by atoms with van der Waals surface area (Å²) in [5.41, 5.74) is -0.281. The minimum atomic E-state index is -4.69. The van der Waals surface area contributed by atoms with E-state index in [2.05, 4.69) is 9.97 Å². The van der Waals surface area contributed by atoms with Crippen LogP contribution in [-0.4, -0.2) is 23.1 Å². The summed E-state index contributed by atoms with van der Waals surface area (Å²) in [5, 5.41) is 0.319. The number of hydrogen-bond acceptors (Lipinski definition) is 3. The average Bonchev–Trinajstić information content (AvgIpc) is 2.91. The zero-order valence-electron chi connectivity index (χ0n) is 10.4. The Morgan fingerprint density at radius 1 is 1.05 bits per heavy atom. The fourth-order valence-corrected chi connectivity index (χ4v) is 2.40. The molecule has 3 nitrogen and oxygen atoms in total. The highest BCUT2D eigenvalue weighted by Gasteiger charge is 2.36. The number of aromatic nitrogens is 2. The first-order valence-corrected chi connectivity index (χ1v) is 6.25. The van der Waals surface area contributed by atoms with Crippen LogP contribution >= 0.6 is 0 Å². The third-order valence-electron chi connectivity index (χ3n) is 3.32. The molecular formula is C13H11F4N3. The molecule has 3 rings (SSSR count). The van der Waals surface area contributed by atoms with Gasteiger partial charge in [0, 0.05) is 18.5 Å². The first-order chi connectivity index (χ1) is 9.47. The van der Waals surface area contributed by atoms with Crippen molar-refractivity contribution in [3.05, 3.63) is 29.8 Å². The molecule has 0 amide bonds. The normalized spacial score (nSPS) is 16.1. The van der Waals surface area contributed by atoms with Crippen molar-refractivity contribution in [3.8, 4) is 0 Å². The van der Waals surface area contributed by atoms with Gasteiger partial charge in [-0.25, -0.2) is 14.4 Å². The van der Waals surface area contributed by atoms with Crippen LogP contribution in [0.1, 0.15) is 18.7 Å². The van der Waals surface area contributed by atoms with Gasteiger partial charge in [-0.05, 0) is 25.0 Å². The molecule has 0 unspecified atom stereocenters. The summed E-state index contributed by atoms with van der Waals surface area (Å²) < 4.78 is 52.3. The molecule has 7 heteroatoms. The summed E-state index contributed by atoms with van der Waals surface area (Å²) in [7, 11) is 0. The molecule has 106 valence electrons. The number of halogens is 4. The molecule has 1 aromatic heterocycles. The molecule has 0 N–H and O–H groups in total. The molecule has 0 atom stereocenters. The van der Waals surface area contributed by atoms with E-state index in [9.17, 15) is 17.6 Å². The van der Waals surface area contributed by atoms with Crippen LogP contribution in [0.3, 0.4) is 0 Å². The summed E-state index contributed by atoms with van der Waals surface area (Å²) in [6, 6.07) is 4.10. The van der Waals surface area contributed by atoms with Crippen molar-refractivity contribution in [2.24, 2.45) is 0 Å². The van der Waals surface area contributed by atoms with Crippen LogP contribution in [0.4, 0.5) is 23.4 Å². The van der Waals surface area contributed by atoms with Crippen molar-refractivity contribution in [2.75, 3.05) is 18.0 Å². The van der Waals surface area contributed by atoms with Crippen LogP contribution < -0.4 is 4.90 Å². The van der Waals surface area contributed by atoms with Crippen molar-refractivity contribution in [1.82, 2.24) is 9.97 Å². The van der Waals surface area contributed by atoms with Crippen molar-refractivity contribution >= 4 is 16.7 Å². The summed E-state index contributed by atoms with van der Waals surface area (Å²) in [5.74, 6) is -1.90. The number of nitrogens with zero attached hydrogens (tertiary/aromatic N) is 3. The molecule has 1 fully saturated rings. The lowest BCUT2D eigenvalue weighted by Gasteiger charge is -2.19. The predicted molar refractivity (Wildman–Crippen MR) is 65.9 cm³/mol. The minimum absolute atomic E-state index is 0.166. The molecule has 1 aliphatic heterocycles. The Labute approximate surface area is 112 Å². The Kier molecular flexibility index (Phi) is 2.99. The number of hydrogen-bond donors (Lipinski definition) is 0. The maximum absolute atomic E-state index is 13.7. The number of anilines is 1. The molecule has 1 aromatic carbocycles. The van der Waals surface area contributed by atoms with Gasteiger partial charge in [-0.15, -0.1) is 0 Å². The van der Waals surface area contributed by atoms with Crippen molar-refractivity contribution < 1.29 is 17.6 Å². The molecule has 0 saturated carbocycles. The Bertz CT molecular complexity index is 648. The number of rotatable bonds is 1. The third kappa shape index (κ3) is 2.17. The molecule has 20 heavy (non-hydrogen) atoms. The second-order valence-corrected chi connectivity index (χ2v) is 4.70. The van der Waals surface area contributed by atoms with Crippen molar-refractivity contribution in [2.45, 2.75) is 19.0 Å². The summed E-state index contributed by atoms with van der Waals surface area (Å²) >= 11 is 0. The van der Waals surface area contributed by atoms with Crippen LogP contribution in [-0.2, 0) is 6.18 Å². The molecule has 0 radical (unpaired) electrons. The lowest BCUT2D eigenvalue weighted by Crippen LogP contribution is -2.22. The van der Waals surface area contributed by atoms with Crippen molar-refractivity contribution in [3.63, 3.8) is 0 Å². The molecule has 0 bridgehead atoms. The topological polar surface area (TPSA) is 29.0 Å². The highest BCUT2D eigenvalue weighted by molar-refractivity contribution is 5.90. The first-order valence-electron chi connectivity index (χ1n) is 6.25. The van der Waals surface area contributed by atoms with Gasteiger partial charge in [0.2, 0.25) is 5.82 Å². The van der Waals surface area contributed by atoms with Gasteiger partial charge in [-0.3, -0.25) is 0 Å². The standard InChI is InChI=1S/C13H11F4N3/c14-9-5-3-4-8-10(9)18-12(13(15,16)17)19-11(8)20-6-1-2-7-20/h3-5H,1-2,6-7H2. The molecule has 2 aromatic rings. The van der Waals surface area contributed by atoms with Gasteiger partial charge in [0.15, 0.2) is 0 Å². The molecule has 2 heterocycles. The van der Waals surface area contributed by atoms with Crippen LogP contribution in [0.2, 0.25) is 0 Å². The molecule has 0 aliphatic carbocycles. The van der Waals surface area contributed by atoms with Gasteiger partial charge in [0.05, 0.1) is 0 Å². The monoisotopic (exact) mass is 285 g/mol. The SMILES string of the molecule is Fc1cccc2c(N3CCCC3)nc(C(F)(F)F)nc12. The maximum atomic E-state index is 13.7. The Morgan fingerprint density at radius 2 is 1.75 bits per heavy atom. The fraction of sp³-hybridized carbons (Fsp3) is 0.385. The largest absolute Gasteiger partial charge is 0.451 e. The summed E-state index contributed by atoms with van der Waals surface area (Å²) in [6.07, 6.45) is -2.91. The molecule has 1 saturated heterocycles. The highest BCUT2D eigenvalue weighted by Crippen LogP contribution is 2.33. The summed E-state index contributed by atoms with van der Waals surface area (Å²) in [4.78, 5) is 8.71. The minimum Gasteiger partial charge on any atom is -0.356 e. The van der Waals surface area contributed by atoms with E-state index in [1.807, 2.05) is 0 Å². The Hall–Kier alpha value is -1.92. The van der Waals surface area contributed by atoms with Crippen LogP contribution in [0.15, 0.2) is 18.2 Å². The van der Waals surface area contributed by atoms with Crippen LogP contribution in [0.5, 0.6) is 0 Å². The third-order valence-corrected chi connectivity index (χ3v) is 3.32. The molecule has 1 aliphatic rings. The number of para-hydroxylation sites is 1. The smallest absolute Gasteiger partial charge is 0.356 e. The molecular weight excluding hydrogens is 274 g/mol. The zero-order valence-corrected chi connectivity index (χ0v) is 10.4. The lowest BCUT2D eigenvalue weighted by atomic mass is 10.2. The van der Waals surface area contributed by atoms with Gasteiger partial charge in [0.1, 0.15) is 17.2 Å². The lowest BCUT2D eigenvalue weighted by molar-refractivity contribution is -0.144. The van der Waals surface area contributed by atoms with Crippen molar-refractivity contribution in [1.29, 1.82) is 0 Å². The molecule has 0 spiro atoms. The highest BCUT2D eigenvalue weighted by atomic mass is 19.4. The fourth-order valence-electron chi connectivity index (χ4n) is 2.40. The predicted octanol–water partition coefficient (Wildman–Crippen LogP) is 3.39. The van der Waals surface area contributed by atoms with Gasteiger partial charge < -0.3 is 4.90 Å². The Balaban J connectivity index is 2.27. The van der Waals surface area contributed by atoms with E-state index in [1.54, 1.807) is 11.0 Å². The van der Waals surface area contributed by atoms with E-state index in [1.165, 1.54) is 6.07 Å². The van der Waals surface area contributed by atoms with Crippen LogP contribution in [0.25, 0.3) is 10.9 Å². The first kappa shape index (κ1) is 13.1. The van der Waals surface area contributed by atoms with E-state index in [0.717, 1.165) is 18.9 Å². The van der Waals surface area contributed by atoms with Gasteiger partial charge >= 0.3 is 6.18 Å². The number of alkyl halides is 3. The quantitative estimate of drug-likeness (QED) is 0.752. The number of fused-ring (bicyclic) bond motifs is 1. The Morgan fingerprint density at radius 3 is 2.40 bits per heavy atom. The number of benzene rings is 1. The average molecular weight is 285 g/mol.